The van der Waals surface area contributed by atoms with E-state index in [4.69, 9.17) is 5.73 Å². The van der Waals surface area contributed by atoms with Crippen molar-refractivity contribution in [2.75, 3.05) is 23.9 Å². The number of thioether (sulfide) groups is 1. The highest BCUT2D eigenvalue weighted by molar-refractivity contribution is 7.99. The van der Waals surface area contributed by atoms with Gasteiger partial charge in [-0.05, 0) is 24.1 Å². The first-order valence-corrected chi connectivity index (χ1v) is 6.61. The Balaban J connectivity index is 1.82. The first-order valence-electron chi connectivity index (χ1n) is 5.45. The van der Waals surface area contributed by atoms with Crippen molar-refractivity contribution in [1.82, 2.24) is 4.90 Å². The standard InChI is InChI=1S/C12H16N2OS/c13-11-4-1-10(2-5-11)3-6-12(15)14-7-8-16-9-14/h1-2,4-5H,3,6-9,13H2. The van der Waals surface area contributed by atoms with Gasteiger partial charge >= 0.3 is 0 Å². The molecule has 0 radical (unpaired) electrons. The molecule has 0 aliphatic carbocycles. The lowest BCUT2D eigenvalue weighted by Crippen LogP contribution is -2.27. The number of hydrogen-bond donors (Lipinski definition) is 1. The topological polar surface area (TPSA) is 46.3 Å². The second-order valence-corrected chi connectivity index (χ2v) is 5.01. The maximum atomic E-state index is 11.8. The minimum atomic E-state index is 0.266. The van der Waals surface area contributed by atoms with Gasteiger partial charge in [0, 0.05) is 24.4 Å². The van der Waals surface area contributed by atoms with Gasteiger partial charge in [0.05, 0.1) is 5.88 Å². The number of carbonyl (C=O) groups is 1. The Morgan fingerprint density at radius 2 is 2.12 bits per heavy atom. The molecular weight excluding hydrogens is 220 g/mol. The van der Waals surface area contributed by atoms with Gasteiger partial charge in [-0.2, -0.15) is 0 Å². The Kier molecular flexibility index (Phi) is 3.72. The number of anilines is 1. The van der Waals surface area contributed by atoms with Crippen LogP contribution in [-0.2, 0) is 11.2 Å². The number of aryl methyl sites for hydroxylation is 1. The Bertz CT molecular complexity index is 358. The van der Waals surface area contributed by atoms with Crippen LogP contribution in [0.25, 0.3) is 0 Å². The quantitative estimate of drug-likeness (QED) is 0.813. The maximum Gasteiger partial charge on any atom is 0.223 e. The maximum absolute atomic E-state index is 11.8. The second kappa shape index (κ2) is 5.25. The number of rotatable bonds is 3. The van der Waals surface area contributed by atoms with Gasteiger partial charge in [0.15, 0.2) is 0 Å². The molecule has 0 bridgehead atoms. The van der Waals surface area contributed by atoms with Crippen molar-refractivity contribution in [3.8, 4) is 0 Å². The van der Waals surface area contributed by atoms with Crippen LogP contribution in [0.1, 0.15) is 12.0 Å². The predicted octanol–water partition coefficient (Wildman–Crippen LogP) is 1.73. The summed E-state index contributed by atoms with van der Waals surface area (Å²) in [6.45, 7) is 0.908. The monoisotopic (exact) mass is 236 g/mol. The van der Waals surface area contributed by atoms with E-state index in [9.17, 15) is 4.79 Å². The van der Waals surface area contributed by atoms with Crippen molar-refractivity contribution in [3.63, 3.8) is 0 Å². The van der Waals surface area contributed by atoms with E-state index >= 15 is 0 Å². The molecule has 1 aromatic rings. The molecule has 2 N–H and O–H groups in total. The van der Waals surface area contributed by atoms with E-state index in [2.05, 4.69) is 0 Å². The van der Waals surface area contributed by atoms with Crippen LogP contribution in [0.3, 0.4) is 0 Å². The molecule has 1 amide bonds. The molecule has 1 aliphatic rings. The Labute approximate surface area is 100.0 Å². The summed E-state index contributed by atoms with van der Waals surface area (Å²) < 4.78 is 0. The van der Waals surface area contributed by atoms with Gasteiger partial charge in [-0.3, -0.25) is 4.79 Å². The molecule has 1 aromatic carbocycles. The lowest BCUT2D eigenvalue weighted by molar-refractivity contribution is -0.129. The number of nitrogens with two attached hydrogens (primary N) is 1. The Morgan fingerprint density at radius 3 is 2.75 bits per heavy atom. The van der Waals surface area contributed by atoms with Crippen molar-refractivity contribution >= 4 is 23.4 Å². The second-order valence-electron chi connectivity index (χ2n) is 3.94. The molecule has 1 aliphatic heterocycles. The lowest BCUT2D eigenvalue weighted by Gasteiger charge is -2.13. The molecule has 1 saturated heterocycles. The normalized spacial score (nSPS) is 15.4. The molecule has 1 fully saturated rings. The number of hydrogen-bond acceptors (Lipinski definition) is 3. The number of carbonyl (C=O) groups excluding carboxylic acids is 1. The van der Waals surface area contributed by atoms with Gasteiger partial charge in [0.25, 0.3) is 0 Å². The fraction of sp³-hybridized carbons (Fsp3) is 0.417. The van der Waals surface area contributed by atoms with Crippen LogP contribution in [0.5, 0.6) is 0 Å². The summed E-state index contributed by atoms with van der Waals surface area (Å²) in [5, 5.41) is 0. The highest BCUT2D eigenvalue weighted by Crippen LogP contribution is 2.15. The highest BCUT2D eigenvalue weighted by Gasteiger charge is 2.17. The number of benzene rings is 1. The molecule has 0 atom stereocenters. The summed E-state index contributed by atoms with van der Waals surface area (Å²) in [4.78, 5) is 13.7. The zero-order valence-corrected chi connectivity index (χ0v) is 10.0. The minimum Gasteiger partial charge on any atom is -0.399 e. The van der Waals surface area contributed by atoms with Gasteiger partial charge in [0.2, 0.25) is 5.91 Å². The molecule has 86 valence electrons. The third-order valence-electron chi connectivity index (χ3n) is 2.71. The van der Waals surface area contributed by atoms with E-state index in [0.29, 0.717) is 6.42 Å². The Morgan fingerprint density at radius 1 is 1.38 bits per heavy atom. The van der Waals surface area contributed by atoms with Gasteiger partial charge < -0.3 is 10.6 Å². The molecule has 3 nitrogen and oxygen atoms in total. The van der Waals surface area contributed by atoms with Crippen molar-refractivity contribution in [2.24, 2.45) is 0 Å². The molecule has 16 heavy (non-hydrogen) atoms. The molecule has 1 heterocycles. The van der Waals surface area contributed by atoms with Crippen molar-refractivity contribution in [3.05, 3.63) is 29.8 Å². The fourth-order valence-corrected chi connectivity index (χ4v) is 2.68. The summed E-state index contributed by atoms with van der Waals surface area (Å²) in [5.74, 6) is 2.20. The first-order chi connectivity index (χ1) is 7.75. The summed E-state index contributed by atoms with van der Waals surface area (Å²) in [7, 11) is 0. The molecule has 0 spiro atoms. The molecule has 2 rings (SSSR count). The summed E-state index contributed by atoms with van der Waals surface area (Å²) in [5.41, 5.74) is 7.55. The lowest BCUT2D eigenvalue weighted by atomic mass is 10.1. The van der Waals surface area contributed by atoms with Crippen LogP contribution in [0.4, 0.5) is 5.69 Å². The number of nitrogens with zero attached hydrogens (tertiary/aromatic N) is 1. The van der Waals surface area contributed by atoms with Crippen LogP contribution < -0.4 is 5.73 Å². The zero-order chi connectivity index (χ0) is 11.4. The van der Waals surface area contributed by atoms with Crippen molar-refractivity contribution in [2.45, 2.75) is 12.8 Å². The van der Waals surface area contributed by atoms with Crippen LogP contribution in [-0.4, -0.2) is 29.0 Å². The predicted molar refractivity (Wildman–Crippen MR) is 68.2 cm³/mol. The first kappa shape index (κ1) is 11.3. The summed E-state index contributed by atoms with van der Waals surface area (Å²) in [6, 6.07) is 7.74. The number of amides is 1. The van der Waals surface area contributed by atoms with Crippen LogP contribution in [0.15, 0.2) is 24.3 Å². The van der Waals surface area contributed by atoms with E-state index in [-0.39, 0.29) is 5.91 Å². The summed E-state index contributed by atoms with van der Waals surface area (Å²) >= 11 is 1.82. The zero-order valence-electron chi connectivity index (χ0n) is 9.19. The van der Waals surface area contributed by atoms with Crippen LogP contribution in [0, 0.1) is 0 Å². The van der Waals surface area contributed by atoms with E-state index in [0.717, 1.165) is 30.3 Å². The molecule has 0 saturated carbocycles. The van der Waals surface area contributed by atoms with E-state index in [1.807, 2.05) is 40.9 Å². The van der Waals surface area contributed by atoms with Crippen molar-refractivity contribution in [1.29, 1.82) is 0 Å². The minimum absolute atomic E-state index is 0.266. The number of nitrogen functional groups attached to an aromatic ring is 1. The third kappa shape index (κ3) is 2.92. The SMILES string of the molecule is Nc1ccc(CCC(=O)N2CCSC2)cc1. The molecular formula is C12H16N2OS. The smallest absolute Gasteiger partial charge is 0.223 e. The average Bonchev–Trinajstić information content (AvgIpc) is 2.81. The van der Waals surface area contributed by atoms with Crippen LogP contribution >= 0.6 is 11.8 Å². The van der Waals surface area contributed by atoms with E-state index in [1.54, 1.807) is 0 Å². The highest BCUT2D eigenvalue weighted by atomic mass is 32.2. The average molecular weight is 236 g/mol. The van der Waals surface area contributed by atoms with Gasteiger partial charge in [-0.1, -0.05) is 12.1 Å². The fourth-order valence-electron chi connectivity index (χ4n) is 1.70. The summed E-state index contributed by atoms with van der Waals surface area (Å²) in [6.07, 6.45) is 1.41. The van der Waals surface area contributed by atoms with Crippen molar-refractivity contribution < 1.29 is 4.79 Å². The third-order valence-corrected chi connectivity index (χ3v) is 3.68. The molecule has 0 unspecified atom stereocenters. The van der Waals surface area contributed by atoms with Gasteiger partial charge in [-0.25, -0.2) is 0 Å². The molecule has 4 heteroatoms. The van der Waals surface area contributed by atoms with E-state index < -0.39 is 0 Å². The van der Waals surface area contributed by atoms with E-state index in [1.165, 1.54) is 5.56 Å². The largest absolute Gasteiger partial charge is 0.399 e. The van der Waals surface area contributed by atoms with Gasteiger partial charge in [-0.15, -0.1) is 11.8 Å². The van der Waals surface area contributed by atoms with Gasteiger partial charge in [0.1, 0.15) is 0 Å². The Hall–Kier alpha value is -1.16. The van der Waals surface area contributed by atoms with Crippen LogP contribution in [0.2, 0.25) is 0 Å². The molecule has 0 aromatic heterocycles.